The molecule has 0 spiro atoms. The predicted octanol–water partition coefficient (Wildman–Crippen LogP) is 2.62. The van der Waals surface area contributed by atoms with E-state index in [0.29, 0.717) is 0 Å². The molecule has 0 bridgehead atoms. The summed E-state index contributed by atoms with van der Waals surface area (Å²) in [4.78, 5) is 4.76. The molecule has 102 valence electrons. The number of benzene rings is 1. The Kier molecular flexibility index (Phi) is 3.24. The minimum atomic E-state index is 0.0911. The zero-order valence-corrected chi connectivity index (χ0v) is 11.7. The summed E-state index contributed by atoms with van der Waals surface area (Å²) in [6, 6.07) is 10.4. The molecule has 0 aliphatic carbocycles. The van der Waals surface area contributed by atoms with Crippen molar-refractivity contribution in [1.82, 2.24) is 14.8 Å². The lowest BCUT2D eigenvalue weighted by Crippen LogP contribution is -2.19. The van der Waals surface area contributed by atoms with Crippen LogP contribution in [0.1, 0.15) is 18.1 Å². The van der Waals surface area contributed by atoms with E-state index in [-0.39, 0.29) is 6.04 Å². The lowest BCUT2D eigenvalue weighted by atomic mass is 10.1. The van der Waals surface area contributed by atoms with Crippen LogP contribution < -0.4 is 5.73 Å². The van der Waals surface area contributed by atoms with Crippen molar-refractivity contribution in [3.63, 3.8) is 0 Å². The van der Waals surface area contributed by atoms with Crippen LogP contribution in [0.4, 0.5) is 0 Å². The quantitative estimate of drug-likeness (QED) is 0.792. The molecule has 0 aliphatic heterocycles. The van der Waals surface area contributed by atoms with Gasteiger partial charge in [0.25, 0.3) is 0 Å². The van der Waals surface area contributed by atoms with E-state index in [4.69, 9.17) is 10.7 Å². The molecule has 0 radical (unpaired) electrons. The third-order valence-electron chi connectivity index (χ3n) is 3.25. The molecule has 0 saturated carbocycles. The number of pyridine rings is 1. The summed E-state index contributed by atoms with van der Waals surface area (Å²) in [5, 5.41) is 5.51. The van der Waals surface area contributed by atoms with Gasteiger partial charge in [-0.15, -0.1) is 0 Å². The Balaban J connectivity index is 2.21. The molecule has 20 heavy (non-hydrogen) atoms. The Hall–Kier alpha value is -2.20. The molecular formula is C16H18N4. The van der Waals surface area contributed by atoms with Crippen LogP contribution in [0.15, 0.2) is 42.7 Å². The first kappa shape index (κ1) is 12.8. The summed E-state index contributed by atoms with van der Waals surface area (Å²) >= 11 is 0. The van der Waals surface area contributed by atoms with Gasteiger partial charge in [-0.25, -0.2) is 9.67 Å². The van der Waals surface area contributed by atoms with E-state index in [1.54, 1.807) is 0 Å². The van der Waals surface area contributed by atoms with Gasteiger partial charge in [-0.05, 0) is 43.5 Å². The number of aromatic nitrogens is 3. The van der Waals surface area contributed by atoms with Gasteiger partial charge in [-0.1, -0.05) is 18.2 Å². The van der Waals surface area contributed by atoms with E-state index in [0.717, 1.165) is 34.3 Å². The maximum Gasteiger partial charge on any atom is 0.157 e. The van der Waals surface area contributed by atoms with Gasteiger partial charge in [0, 0.05) is 17.6 Å². The topological polar surface area (TPSA) is 56.7 Å². The molecule has 4 heteroatoms. The van der Waals surface area contributed by atoms with Crippen molar-refractivity contribution >= 4 is 10.9 Å². The van der Waals surface area contributed by atoms with Gasteiger partial charge in [0.05, 0.1) is 11.7 Å². The average molecular weight is 266 g/mol. The summed E-state index contributed by atoms with van der Waals surface area (Å²) in [5.41, 5.74) is 9.18. The standard InChI is InChI=1S/C16H18N4/c1-11-9-18-20(10-11)16-14(7-12(2)17)8-13-5-3-4-6-15(13)19-16/h3-6,8-10,12H,7,17H2,1-2H3. The minimum absolute atomic E-state index is 0.0911. The number of nitrogens with zero attached hydrogens (tertiary/aromatic N) is 3. The third kappa shape index (κ3) is 2.42. The smallest absolute Gasteiger partial charge is 0.157 e. The molecule has 2 aromatic heterocycles. The van der Waals surface area contributed by atoms with Crippen LogP contribution in [0.25, 0.3) is 16.7 Å². The highest BCUT2D eigenvalue weighted by molar-refractivity contribution is 5.80. The van der Waals surface area contributed by atoms with Crippen molar-refractivity contribution < 1.29 is 0 Å². The number of aryl methyl sites for hydroxylation is 1. The summed E-state index contributed by atoms with van der Waals surface area (Å²) < 4.78 is 1.83. The zero-order valence-electron chi connectivity index (χ0n) is 11.7. The number of nitrogens with two attached hydrogens (primary N) is 1. The van der Waals surface area contributed by atoms with Crippen LogP contribution in [-0.2, 0) is 6.42 Å². The largest absolute Gasteiger partial charge is 0.328 e. The first-order valence-electron chi connectivity index (χ1n) is 6.79. The van der Waals surface area contributed by atoms with E-state index in [1.165, 1.54) is 0 Å². The highest BCUT2D eigenvalue weighted by Crippen LogP contribution is 2.20. The van der Waals surface area contributed by atoms with E-state index in [9.17, 15) is 0 Å². The lowest BCUT2D eigenvalue weighted by Gasteiger charge is -2.12. The fraction of sp³-hybridized carbons (Fsp3) is 0.250. The zero-order chi connectivity index (χ0) is 14.1. The molecule has 3 aromatic rings. The molecule has 1 unspecified atom stereocenters. The Bertz CT molecular complexity index is 743. The molecule has 0 amide bonds. The second-order valence-corrected chi connectivity index (χ2v) is 5.31. The molecule has 4 nitrogen and oxygen atoms in total. The molecule has 0 aliphatic rings. The first-order chi connectivity index (χ1) is 9.63. The maximum atomic E-state index is 5.96. The van der Waals surface area contributed by atoms with Crippen LogP contribution in [0.5, 0.6) is 0 Å². The number of rotatable bonds is 3. The Morgan fingerprint density at radius 1 is 1.30 bits per heavy atom. The van der Waals surface area contributed by atoms with Crippen molar-refractivity contribution in [3.8, 4) is 5.82 Å². The molecule has 3 rings (SSSR count). The number of hydrogen-bond acceptors (Lipinski definition) is 3. The Labute approximate surface area is 118 Å². The molecule has 2 N–H and O–H groups in total. The van der Waals surface area contributed by atoms with Crippen LogP contribution >= 0.6 is 0 Å². The van der Waals surface area contributed by atoms with Gasteiger partial charge in [-0.3, -0.25) is 0 Å². The molecule has 0 fully saturated rings. The highest BCUT2D eigenvalue weighted by atomic mass is 15.3. The van der Waals surface area contributed by atoms with Crippen LogP contribution in [-0.4, -0.2) is 20.8 Å². The van der Waals surface area contributed by atoms with Crippen molar-refractivity contribution in [2.24, 2.45) is 5.73 Å². The fourth-order valence-corrected chi connectivity index (χ4v) is 2.37. The van der Waals surface area contributed by atoms with Gasteiger partial charge in [0.15, 0.2) is 5.82 Å². The highest BCUT2D eigenvalue weighted by Gasteiger charge is 2.11. The predicted molar refractivity (Wildman–Crippen MR) is 81.0 cm³/mol. The number of hydrogen-bond donors (Lipinski definition) is 1. The van der Waals surface area contributed by atoms with Gasteiger partial charge in [-0.2, -0.15) is 5.10 Å². The van der Waals surface area contributed by atoms with Crippen LogP contribution in [0, 0.1) is 6.92 Å². The van der Waals surface area contributed by atoms with Crippen LogP contribution in [0.3, 0.4) is 0 Å². The summed E-state index contributed by atoms with van der Waals surface area (Å²) in [5.74, 6) is 0.870. The summed E-state index contributed by atoms with van der Waals surface area (Å²) in [6.45, 7) is 4.03. The number of para-hydroxylation sites is 1. The lowest BCUT2D eigenvalue weighted by molar-refractivity contribution is 0.722. The van der Waals surface area contributed by atoms with Crippen molar-refractivity contribution in [2.45, 2.75) is 26.3 Å². The Morgan fingerprint density at radius 3 is 2.80 bits per heavy atom. The van der Waals surface area contributed by atoms with E-state index in [2.05, 4.69) is 17.2 Å². The molecular weight excluding hydrogens is 248 g/mol. The van der Waals surface area contributed by atoms with Crippen molar-refractivity contribution in [2.75, 3.05) is 0 Å². The monoisotopic (exact) mass is 266 g/mol. The SMILES string of the molecule is Cc1cnn(-c2nc3ccccc3cc2CC(C)N)c1. The van der Waals surface area contributed by atoms with Gasteiger partial charge in [0.2, 0.25) is 0 Å². The minimum Gasteiger partial charge on any atom is -0.328 e. The van der Waals surface area contributed by atoms with E-state index in [1.807, 2.05) is 49.1 Å². The van der Waals surface area contributed by atoms with Crippen molar-refractivity contribution in [1.29, 1.82) is 0 Å². The van der Waals surface area contributed by atoms with Crippen molar-refractivity contribution in [3.05, 3.63) is 53.9 Å². The van der Waals surface area contributed by atoms with E-state index >= 15 is 0 Å². The summed E-state index contributed by atoms with van der Waals surface area (Å²) in [6.07, 6.45) is 4.61. The third-order valence-corrected chi connectivity index (χ3v) is 3.25. The average Bonchev–Trinajstić information content (AvgIpc) is 2.84. The molecule has 0 saturated heterocycles. The second-order valence-electron chi connectivity index (χ2n) is 5.31. The normalized spacial score (nSPS) is 12.8. The van der Waals surface area contributed by atoms with Gasteiger partial charge >= 0.3 is 0 Å². The van der Waals surface area contributed by atoms with Crippen LogP contribution in [0.2, 0.25) is 0 Å². The fourth-order valence-electron chi connectivity index (χ4n) is 2.37. The summed E-state index contributed by atoms with van der Waals surface area (Å²) in [7, 11) is 0. The van der Waals surface area contributed by atoms with E-state index < -0.39 is 0 Å². The molecule has 2 heterocycles. The molecule has 1 atom stereocenters. The van der Waals surface area contributed by atoms with Gasteiger partial charge in [0.1, 0.15) is 0 Å². The number of fused-ring (bicyclic) bond motifs is 1. The maximum absolute atomic E-state index is 5.96. The Morgan fingerprint density at radius 2 is 2.10 bits per heavy atom. The second kappa shape index (κ2) is 5.06. The molecule has 1 aromatic carbocycles. The first-order valence-corrected chi connectivity index (χ1v) is 6.79. The van der Waals surface area contributed by atoms with Gasteiger partial charge < -0.3 is 5.73 Å².